The molecule has 5 heteroatoms. The van der Waals surface area contributed by atoms with Gasteiger partial charge in [-0.2, -0.15) is 0 Å². The van der Waals surface area contributed by atoms with Gasteiger partial charge in [-0.25, -0.2) is 0 Å². The van der Waals surface area contributed by atoms with Crippen LogP contribution in [-0.4, -0.2) is 50.2 Å². The highest BCUT2D eigenvalue weighted by Gasteiger charge is 2.59. The van der Waals surface area contributed by atoms with Crippen molar-refractivity contribution < 1.29 is 19.1 Å². The Morgan fingerprint density at radius 1 is 1.19 bits per heavy atom. The van der Waals surface area contributed by atoms with E-state index in [1.54, 1.807) is 0 Å². The topological polar surface area (TPSA) is 55.8 Å². The van der Waals surface area contributed by atoms with Crippen LogP contribution in [0.3, 0.4) is 0 Å². The Hall–Kier alpha value is -1.36. The van der Waals surface area contributed by atoms with Gasteiger partial charge in [0.15, 0.2) is 5.41 Å². The number of methoxy groups -OCH3 is 2. The molecule has 1 rings (SSSR count). The molecule has 1 atom stereocenters. The summed E-state index contributed by atoms with van der Waals surface area (Å²) in [7, 11) is 2.65. The van der Waals surface area contributed by atoms with Crippen LogP contribution in [0.25, 0.3) is 0 Å². The third-order valence-electron chi connectivity index (χ3n) is 4.32. The Kier molecular flexibility index (Phi) is 6.40. The number of rotatable bonds is 7. The summed E-state index contributed by atoms with van der Waals surface area (Å²) in [6.07, 6.45) is 4.21. The van der Waals surface area contributed by atoms with E-state index in [-0.39, 0.29) is 6.04 Å². The van der Waals surface area contributed by atoms with Crippen molar-refractivity contribution in [3.8, 4) is 0 Å². The zero-order chi connectivity index (χ0) is 16.0. The Morgan fingerprint density at radius 2 is 1.71 bits per heavy atom. The predicted molar refractivity (Wildman–Crippen MR) is 80.8 cm³/mol. The summed E-state index contributed by atoms with van der Waals surface area (Å²) in [5.41, 5.74) is -0.128. The Bertz CT molecular complexity index is 397. The predicted octanol–water partition coefficient (Wildman–Crippen LogP) is 2.16. The molecule has 120 valence electrons. The molecule has 0 heterocycles. The van der Waals surface area contributed by atoms with Crippen LogP contribution in [0.5, 0.6) is 0 Å². The van der Waals surface area contributed by atoms with Gasteiger partial charge in [0.25, 0.3) is 0 Å². The average Bonchev–Trinajstić information content (AvgIpc) is 2.88. The van der Waals surface area contributed by atoms with E-state index in [0.717, 1.165) is 31.5 Å². The van der Waals surface area contributed by atoms with Gasteiger partial charge < -0.3 is 9.47 Å². The van der Waals surface area contributed by atoms with E-state index in [1.165, 1.54) is 14.2 Å². The van der Waals surface area contributed by atoms with E-state index in [2.05, 4.69) is 11.8 Å². The summed E-state index contributed by atoms with van der Waals surface area (Å²) in [6.45, 7) is 7.68. The second-order valence-electron chi connectivity index (χ2n) is 5.31. The molecular formula is C16H27NO4. The molecule has 0 aliphatic heterocycles. The molecule has 0 N–H and O–H groups in total. The Morgan fingerprint density at radius 3 is 2.10 bits per heavy atom. The van der Waals surface area contributed by atoms with Crippen molar-refractivity contribution in [2.45, 2.75) is 46.1 Å². The first-order valence-electron chi connectivity index (χ1n) is 7.63. The second kappa shape index (κ2) is 7.59. The fourth-order valence-electron chi connectivity index (χ4n) is 3.33. The van der Waals surface area contributed by atoms with E-state index >= 15 is 0 Å². The molecule has 1 unspecified atom stereocenters. The zero-order valence-corrected chi connectivity index (χ0v) is 13.8. The lowest BCUT2D eigenvalue weighted by Crippen LogP contribution is -2.55. The summed E-state index contributed by atoms with van der Waals surface area (Å²) in [5, 5.41) is 0. The number of hydrogen-bond donors (Lipinski definition) is 0. The van der Waals surface area contributed by atoms with E-state index in [1.807, 2.05) is 19.9 Å². The summed E-state index contributed by atoms with van der Waals surface area (Å²) in [6, 6.07) is -0.271. The largest absolute Gasteiger partial charge is 0.468 e. The lowest BCUT2D eigenvalue weighted by Gasteiger charge is -2.39. The van der Waals surface area contributed by atoms with Crippen molar-refractivity contribution in [1.82, 2.24) is 4.90 Å². The van der Waals surface area contributed by atoms with Crippen molar-refractivity contribution in [2.24, 2.45) is 5.41 Å². The smallest absolute Gasteiger partial charge is 0.325 e. The SMILES string of the molecule is CCCC1=CCC(C(=O)OC)(C(=O)OC)C1N(CC)CC. The summed E-state index contributed by atoms with van der Waals surface area (Å²) in [5.74, 6) is -1.01. The van der Waals surface area contributed by atoms with E-state index in [9.17, 15) is 9.59 Å². The third kappa shape index (κ3) is 2.98. The van der Waals surface area contributed by atoms with Crippen LogP contribution < -0.4 is 0 Å². The quantitative estimate of drug-likeness (QED) is 0.409. The number of nitrogens with zero attached hydrogens (tertiary/aromatic N) is 1. The van der Waals surface area contributed by atoms with E-state index < -0.39 is 17.4 Å². The molecule has 0 aromatic carbocycles. The number of hydrogen-bond acceptors (Lipinski definition) is 5. The molecule has 1 aliphatic carbocycles. The van der Waals surface area contributed by atoms with Gasteiger partial charge in [-0.1, -0.05) is 38.8 Å². The van der Waals surface area contributed by atoms with Gasteiger partial charge in [-0.15, -0.1) is 0 Å². The monoisotopic (exact) mass is 297 g/mol. The number of allylic oxidation sites excluding steroid dienone is 1. The first-order valence-corrected chi connectivity index (χ1v) is 7.63. The number of likely N-dealkylation sites (N-methyl/N-ethyl adjacent to an activating group) is 1. The van der Waals surface area contributed by atoms with Crippen molar-refractivity contribution in [2.75, 3.05) is 27.3 Å². The van der Waals surface area contributed by atoms with E-state index in [0.29, 0.717) is 6.42 Å². The molecule has 0 aromatic rings. The highest BCUT2D eigenvalue weighted by Crippen LogP contribution is 2.44. The first-order chi connectivity index (χ1) is 10.0. The van der Waals surface area contributed by atoms with Gasteiger partial charge >= 0.3 is 11.9 Å². The maximum atomic E-state index is 12.4. The minimum Gasteiger partial charge on any atom is -0.468 e. The third-order valence-corrected chi connectivity index (χ3v) is 4.32. The fourth-order valence-corrected chi connectivity index (χ4v) is 3.33. The molecule has 0 fully saturated rings. The van der Waals surface area contributed by atoms with Gasteiger partial charge in [-0.05, 0) is 25.9 Å². The molecule has 0 radical (unpaired) electrons. The van der Waals surface area contributed by atoms with E-state index in [4.69, 9.17) is 9.47 Å². The lowest BCUT2D eigenvalue weighted by atomic mass is 9.78. The maximum absolute atomic E-state index is 12.4. The van der Waals surface area contributed by atoms with Crippen molar-refractivity contribution >= 4 is 11.9 Å². The minimum absolute atomic E-state index is 0.271. The molecule has 0 saturated heterocycles. The molecular weight excluding hydrogens is 270 g/mol. The Balaban J connectivity index is 3.34. The fraction of sp³-hybridized carbons (Fsp3) is 0.750. The van der Waals surface area contributed by atoms with Crippen LogP contribution in [0.15, 0.2) is 11.6 Å². The summed E-state index contributed by atoms with van der Waals surface area (Å²) < 4.78 is 9.91. The van der Waals surface area contributed by atoms with Crippen LogP contribution in [-0.2, 0) is 19.1 Å². The first kappa shape index (κ1) is 17.7. The molecule has 5 nitrogen and oxygen atoms in total. The van der Waals surface area contributed by atoms with Crippen molar-refractivity contribution in [3.63, 3.8) is 0 Å². The minimum atomic E-state index is -1.26. The number of carbonyl (C=O) groups excluding carboxylic acids is 2. The molecule has 0 bridgehead atoms. The lowest BCUT2D eigenvalue weighted by molar-refractivity contribution is -0.172. The number of ether oxygens (including phenoxy) is 2. The maximum Gasteiger partial charge on any atom is 0.325 e. The molecule has 0 saturated carbocycles. The zero-order valence-electron chi connectivity index (χ0n) is 13.8. The molecule has 0 aromatic heterocycles. The van der Waals surface area contributed by atoms with Crippen LogP contribution in [0.1, 0.15) is 40.0 Å². The van der Waals surface area contributed by atoms with Gasteiger partial charge in [0.2, 0.25) is 0 Å². The van der Waals surface area contributed by atoms with Crippen LogP contribution >= 0.6 is 0 Å². The number of esters is 2. The van der Waals surface area contributed by atoms with Crippen molar-refractivity contribution in [3.05, 3.63) is 11.6 Å². The van der Waals surface area contributed by atoms with Crippen LogP contribution in [0.2, 0.25) is 0 Å². The van der Waals surface area contributed by atoms with Gasteiger partial charge in [0, 0.05) is 0 Å². The van der Waals surface area contributed by atoms with Gasteiger partial charge in [0.1, 0.15) is 0 Å². The summed E-state index contributed by atoms with van der Waals surface area (Å²) >= 11 is 0. The average molecular weight is 297 g/mol. The standard InChI is InChI=1S/C16H27NO4/c1-6-9-12-10-11-16(14(18)20-4,15(19)21-5)13(12)17(7-2)8-3/h10,13H,6-9,11H2,1-5H3. The normalized spacial score (nSPS) is 20.3. The molecule has 0 spiro atoms. The molecule has 1 aliphatic rings. The summed E-state index contributed by atoms with van der Waals surface area (Å²) in [4.78, 5) is 27.0. The highest BCUT2D eigenvalue weighted by atomic mass is 16.5. The molecule has 0 amide bonds. The molecule has 21 heavy (non-hydrogen) atoms. The van der Waals surface area contributed by atoms with Crippen LogP contribution in [0.4, 0.5) is 0 Å². The highest BCUT2D eigenvalue weighted by molar-refractivity contribution is 6.02. The van der Waals surface area contributed by atoms with Crippen LogP contribution in [0, 0.1) is 5.41 Å². The van der Waals surface area contributed by atoms with Gasteiger partial charge in [0.05, 0.1) is 20.3 Å². The second-order valence-corrected chi connectivity index (χ2v) is 5.31. The number of carbonyl (C=O) groups is 2. The van der Waals surface area contributed by atoms with Crippen molar-refractivity contribution in [1.29, 1.82) is 0 Å². The van der Waals surface area contributed by atoms with Gasteiger partial charge in [-0.3, -0.25) is 14.5 Å². The Labute approximate surface area is 127 Å².